The summed E-state index contributed by atoms with van der Waals surface area (Å²) in [6.45, 7) is 0. The second-order valence-corrected chi connectivity index (χ2v) is 12.2. The van der Waals surface area contributed by atoms with Crippen LogP contribution < -0.4 is 0 Å². The molecule has 9 rings (SSSR count). The van der Waals surface area contributed by atoms with Gasteiger partial charge in [-0.1, -0.05) is 115 Å². The van der Waals surface area contributed by atoms with E-state index >= 15 is 0 Å². The summed E-state index contributed by atoms with van der Waals surface area (Å²) in [5.41, 5.74) is 8.22. The maximum atomic E-state index is 5.06. The minimum Gasteiger partial charge on any atom is -0.309 e. The van der Waals surface area contributed by atoms with Crippen molar-refractivity contribution in [3.05, 3.63) is 152 Å². The molecule has 0 N–H and O–H groups in total. The van der Waals surface area contributed by atoms with Crippen LogP contribution in [0.5, 0.6) is 0 Å². The Morgan fingerprint density at radius 2 is 1.04 bits per heavy atom. The van der Waals surface area contributed by atoms with Gasteiger partial charge in [0.15, 0.2) is 17.5 Å². The summed E-state index contributed by atoms with van der Waals surface area (Å²) in [5.74, 6) is 1.91. The number of nitrogens with zero attached hydrogens (tertiary/aromatic N) is 5. The van der Waals surface area contributed by atoms with Gasteiger partial charge in [0.2, 0.25) is 0 Å². The number of aromatic nitrogens is 5. The second kappa shape index (κ2) is 10.9. The van der Waals surface area contributed by atoms with Crippen LogP contribution in [0.25, 0.3) is 82.4 Å². The molecule has 0 spiro atoms. The van der Waals surface area contributed by atoms with E-state index < -0.39 is 0 Å². The van der Waals surface area contributed by atoms with E-state index in [9.17, 15) is 0 Å². The first kappa shape index (κ1) is 26.4. The van der Waals surface area contributed by atoms with Crippen LogP contribution in [0, 0.1) is 0 Å². The Balaban J connectivity index is 1.27. The largest absolute Gasteiger partial charge is 0.309 e. The Morgan fingerprint density at radius 3 is 1.78 bits per heavy atom. The number of thiazole rings is 1. The third-order valence-corrected chi connectivity index (χ3v) is 9.35. The van der Waals surface area contributed by atoms with Crippen LogP contribution in [-0.4, -0.2) is 24.5 Å². The van der Waals surface area contributed by atoms with Crippen LogP contribution in [0.3, 0.4) is 0 Å². The van der Waals surface area contributed by atoms with Gasteiger partial charge in [0.1, 0.15) is 5.01 Å². The van der Waals surface area contributed by atoms with Gasteiger partial charge >= 0.3 is 0 Å². The van der Waals surface area contributed by atoms with Gasteiger partial charge in [0.25, 0.3) is 0 Å². The molecule has 9 aromatic rings. The highest BCUT2D eigenvalue weighted by molar-refractivity contribution is 7.21. The van der Waals surface area contributed by atoms with Crippen LogP contribution in [0.2, 0.25) is 0 Å². The molecule has 5 nitrogen and oxygen atoms in total. The molecule has 0 radical (unpaired) electrons. The molecule has 0 atom stereocenters. The molecule has 0 aliphatic carbocycles. The maximum absolute atomic E-state index is 5.06. The van der Waals surface area contributed by atoms with Gasteiger partial charge in [-0.3, -0.25) is 0 Å². The molecule has 0 aliphatic heterocycles. The van der Waals surface area contributed by atoms with Gasteiger partial charge in [-0.05, 0) is 36.4 Å². The molecule has 6 heteroatoms. The fraction of sp³-hybridized carbons (Fsp3) is 0. The molecule has 46 heavy (non-hydrogen) atoms. The van der Waals surface area contributed by atoms with Crippen LogP contribution in [0.4, 0.5) is 0 Å². The van der Waals surface area contributed by atoms with E-state index in [4.69, 9.17) is 19.9 Å². The normalized spacial score (nSPS) is 11.5. The molecule has 0 fully saturated rings. The van der Waals surface area contributed by atoms with E-state index in [1.165, 1.54) is 15.5 Å². The predicted molar refractivity (Wildman–Crippen MR) is 189 cm³/mol. The second-order valence-electron chi connectivity index (χ2n) is 11.1. The highest BCUT2D eigenvalue weighted by atomic mass is 32.1. The summed E-state index contributed by atoms with van der Waals surface area (Å²) < 4.78 is 3.53. The number of benzene rings is 6. The van der Waals surface area contributed by atoms with E-state index in [0.29, 0.717) is 17.5 Å². The maximum Gasteiger partial charge on any atom is 0.164 e. The zero-order valence-electron chi connectivity index (χ0n) is 24.6. The Morgan fingerprint density at radius 1 is 0.457 bits per heavy atom. The average molecular weight is 608 g/mol. The van der Waals surface area contributed by atoms with Crippen LogP contribution >= 0.6 is 11.3 Å². The summed E-state index contributed by atoms with van der Waals surface area (Å²) in [6, 6.07) is 52.1. The van der Waals surface area contributed by atoms with Gasteiger partial charge in [-0.15, -0.1) is 11.3 Å². The first-order valence-electron chi connectivity index (χ1n) is 15.2. The lowest BCUT2D eigenvalue weighted by Crippen LogP contribution is -2.01. The molecule has 6 aromatic carbocycles. The minimum atomic E-state index is 0.627. The van der Waals surface area contributed by atoms with Crippen molar-refractivity contribution in [2.24, 2.45) is 0 Å². The molecule has 0 bridgehead atoms. The number of hydrogen-bond donors (Lipinski definition) is 0. The highest BCUT2D eigenvalue weighted by Gasteiger charge is 2.19. The molecule has 0 saturated heterocycles. The molecule has 216 valence electrons. The van der Waals surface area contributed by atoms with Crippen molar-refractivity contribution < 1.29 is 0 Å². The average Bonchev–Trinajstić information content (AvgIpc) is 3.72. The summed E-state index contributed by atoms with van der Waals surface area (Å²) in [6.07, 6.45) is 0. The fourth-order valence-corrected chi connectivity index (χ4v) is 7.16. The summed E-state index contributed by atoms with van der Waals surface area (Å²) in [7, 11) is 0. The van der Waals surface area contributed by atoms with Crippen LogP contribution in [0.15, 0.2) is 152 Å². The monoisotopic (exact) mass is 607 g/mol. The number of hydrogen-bond acceptors (Lipinski definition) is 5. The van der Waals surface area contributed by atoms with Crippen LogP contribution in [0.1, 0.15) is 0 Å². The van der Waals surface area contributed by atoms with E-state index in [2.05, 4.69) is 89.5 Å². The molecule has 3 heterocycles. The number of para-hydroxylation sites is 3. The number of fused-ring (bicyclic) bond motifs is 4. The summed E-state index contributed by atoms with van der Waals surface area (Å²) in [5, 5.41) is 3.39. The third-order valence-electron chi connectivity index (χ3n) is 8.28. The Labute approximate surface area is 269 Å². The molecular formula is C40H25N5S. The Kier molecular flexibility index (Phi) is 6.25. The van der Waals surface area contributed by atoms with Gasteiger partial charge in [-0.25, -0.2) is 19.9 Å². The van der Waals surface area contributed by atoms with Gasteiger partial charge in [0.05, 0.1) is 21.3 Å². The minimum absolute atomic E-state index is 0.627. The third kappa shape index (κ3) is 4.47. The number of rotatable bonds is 5. The molecular weight excluding hydrogens is 583 g/mol. The van der Waals surface area contributed by atoms with E-state index in [1.54, 1.807) is 11.3 Å². The summed E-state index contributed by atoms with van der Waals surface area (Å²) >= 11 is 1.73. The first-order chi connectivity index (χ1) is 22.8. The van der Waals surface area contributed by atoms with Crippen molar-refractivity contribution in [3.63, 3.8) is 0 Å². The first-order valence-corrected chi connectivity index (χ1v) is 16.0. The lowest BCUT2D eigenvalue weighted by Gasteiger charge is -2.13. The van der Waals surface area contributed by atoms with Gasteiger partial charge < -0.3 is 4.57 Å². The fourth-order valence-electron chi connectivity index (χ4n) is 6.17. The molecule has 0 amide bonds. The van der Waals surface area contributed by atoms with Crippen molar-refractivity contribution in [3.8, 4) is 50.4 Å². The lowest BCUT2D eigenvalue weighted by atomic mass is 10.1. The topological polar surface area (TPSA) is 56.5 Å². The SMILES string of the molecule is c1ccc(-c2nc(-c3ccccc3)nc(-c3cccc(-n4c5ccccc5c5cccc(-c6nc7ccccc7s6)c54)c3)n2)cc1. The van der Waals surface area contributed by atoms with Gasteiger partial charge in [-0.2, -0.15) is 0 Å². The molecule has 3 aromatic heterocycles. The van der Waals surface area contributed by atoms with Crippen LogP contribution in [-0.2, 0) is 0 Å². The molecule has 0 aliphatic rings. The Bertz CT molecular complexity index is 2440. The Hall–Kier alpha value is -5.98. The van der Waals surface area contributed by atoms with E-state index in [0.717, 1.165) is 49.5 Å². The van der Waals surface area contributed by atoms with Crippen molar-refractivity contribution in [1.29, 1.82) is 0 Å². The zero-order valence-corrected chi connectivity index (χ0v) is 25.4. The van der Waals surface area contributed by atoms with Crippen molar-refractivity contribution >= 4 is 43.4 Å². The summed E-state index contributed by atoms with van der Waals surface area (Å²) in [4.78, 5) is 19.9. The standard InChI is InChI=1S/C40H25N5S/c1-3-13-26(14-4-1)37-42-38(27-15-5-2-6-16-27)44-39(43-37)28-17-11-18-29(25-28)45-34-23-9-7-19-30(34)31-20-12-21-32(36(31)45)40-41-33-22-8-10-24-35(33)46-40/h1-25H. The van der Waals surface area contributed by atoms with Crippen molar-refractivity contribution in [2.45, 2.75) is 0 Å². The smallest absolute Gasteiger partial charge is 0.164 e. The quantitative estimate of drug-likeness (QED) is 0.195. The van der Waals surface area contributed by atoms with E-state index in [-0.39, 0.29) is 0 Å². The van der Waals surface area contributed by atoms with E-state index in [1.807, 2.05) is 66.7 Å². The zero-order chi connectivity index (χ0) is 30.5. The molecule has 0 saturated carbocycles. The lowest BCUT2D eigenvalue weighted by molar-refractivity contribution is 1.07. The molecule has 0 unspecified atom stereocenters. The van der Waals surface area contributed by atoms with Crippen molar-refractivity contribution in [1.82, 2.24) is 24.5 Å². The van der Waals surface area contributed by atoms with Crippen molar-refractivity contribution in [2.75, 3.05) is 0 Å². The van der Waals surface area contributed by atoms with Gasteiger partial charge in [0, 0.05) is 38.7 Å². The highest BCUT2D eigenvalue weighted by Crippen LogP contribution is 2.40. The predicted octanol–water partition coefficient (Wildman–Crippen LogP) is 10.2.